The van der Waals surface area contributed by atoms with Crippen LogP contribution in [-0.2, 0) is 0 Å². The van der Waals surface area contributed by atoms with E-state index in [4.69, 9.17) is 5.73 Å². The van der Waals surface area contributed by atoms with E-state index in [-0.39, 0.29) is 12.1 Å². The van der Waals surface area contributed by atoms with E-state index >= 15 is 0 Å². The Balaban J connectivity index is 2.35. The van der Waals surface area contributed by atoms with Gasteiger partial charge in [-0.2, -0.15) is 0 Å². The number of benzene rings is 1. The lowest BCUT2D eigenvalue weighted by atomic mass is 9.65. The van der Waals surface area contributed by atoms with Gasteiger partial charge >= 0.3 is 0 Å². The molecule has 0 aliphatic heterocycles. The highest BCUT2D eigenvalue weighted by atomic mass is 19.2. The van der Waals surface area contributed by atoms with Crippen LogP contribution >= 0.6 is 0 Å². The van der Waals surface area contributed by atoms with Crippen LogP contribution in [0.3, 0.4) is 0 Å². The highest BCUT2D eigenvalue weighted by molar-refractivity contribution is 5.23. The van der Waals surface area contributed by atoms with Crippen LogP contribution in [0.1, 0.15) is 44.3 Å². The summed E-state index contributed by atoms with van der Waals surface area (Å²) in [6.07, 6.45) is 2.52. The van der Waals surface area contributed by atoms with Crippen LogP contribution in [0.25, 0.3) is 0 Å². The molecular weight excluding hydrogens is 248 g/mol. The fraction of sp³-hybridized carbons (Fsp3) is 0.600. The van der Waals surface area contributed by atoms with E-state index in [0.29, 0.717) is 5.92 Å². The molecule has 4 heteroatoms. The minimum absolute atomic E-state index is 0.0274. The van der Waals surface area contributed by atoms with Crippen molar-refractivity contribution >= 4 is 0 Å². The first-order chi connectivity index (χ1) is 9.00. The van der Waals surface area contributed by atoms with Crippen LogP contribution in [0.2, 0.25) is 0 Å². The summed E-state index contributed by atoms with van der Waals surface area (Å²) in [5.41, 5.74) is 5.34. The van der Waals surface area contributed by atoms with Crippen LogP contribution in [0.5, 0.6) is 0 Å². The Morgan fingerprint density at radius 1 is 1.47 bits per heavy atom. The molecule has 19 heavy (non-hydrogen) atoms. The average molecular weight is 269 g/mol. The SMILES string of the molecule is CC1CCCC(CN)(C(O)c2cccc(F)c2F)C1. The Hall–Kier alpha value is -1.00. The zero-order valence-corrected chi connectivity index (χ0v) is 11.2. The van der Waals surface area contributed by atoms with Crippen LogP contribution in [0, 0.1) is 23.0 Å². The lowest BCUT2D eigenvalue weighted by Crippen LogP contribution is -2.41. The molecule has 3 N–H and O–H groups in total. The molecule has 1 saturated carbocycles. The molecule has 1 aromatic carbocycles. The van der Waals surface area contributed by atoms with Gasteiger partial charge in [0.25, 0.3) is 0 Å². The summed E-state index contributed by atoms with van der Waals surface area (Å²) in [6.45, 7) is 2.40. The molecule has 1 aliphatic carbocycles. The van der Waals surface area contributed by atoms with E-state index in [9.17, 15) is 13.9 Å². The van der Waals surface area contributed by atoms with Crippen molar-refractivity contribution in [3.8, 4) is 0 Å². The Morgan fingerprint density at radius 3 is 2.84 bits per heavy atom. The zero-order valence-electron chi connectivity index (χ0n) is 11.2. The third-order valence-electron chi connectivity index (χ3n) is 4.39. The van der Waals surface area contributed by atoms with Crippen molar-refractivity contribution in [1.82, 2.24) is 0 Å². The largest absolute Gasteiger partial charge is 0.388 e. The highest BCUT2D eigenvalue weighted by Gasteiger charge is 2.41. The van der Waals surface area contributed by atoms with Crippen molar-refractivity contribution in [3.05, 3.63) is 35.4 Å². The molecule has 0 amide bonds. The number of aliphatic hydroxyl groups excluding tert-OH is 1. The minimum Gasteiger partial charge on any atom is -0.388 e. The predicted octanol–water partition coefficient (Wildman–Crippen LogP) is 3.15. The molecule has 0 heterocycles. The Labute approximate surface area is 112 Å². The van der Waals surface area contributed by atoms with E-state index in [1.807, 2.05) is 0 Å². The van der Waals surface area contributed by atoms with Gasteiger partial charge in [-0.1, -0.05) is 31.9 Å². The second-order valence-corrected chi connectivity index (χ2v) is 5.81. The molecule has 3 unspecified atom stereocenters. The van der Waals surface area contributed by atoms with E-state index < -0.39 is 23.2 Å². The predicted molar refractivity (Wildman–Crippen MR) is 70.4 cm³/mol. The molecule has 106 valence electrons. The number of halogens is 2. The maximum atomic E-state index is 13.8. The molecule has 1 aliphatic rings. The second kappa shape index (κ2) is 5.55. The highest BCUT2D eigenvalue weighted by Crippen LogP contribution is 2.47. The van der Waals surface area contributed by atoms with Gasteiger partial charge < -0.3 is 10.8 Å². The first-order valence-corrected chi connectivity index (χ1v) is 6.82. The van der Waals surface area contributed by atoms with Crippen LogP contribution in [0.15, 0.2) is 18.2 Å². The summed E-state index contributed by atoms with van der Waals surface area (Å²) in [6, 6.07) is 3.93. The molecule has 0 saturated heterocycles. The van der Waals surface area contributed by atoms with Crippen molar-refractivity contribution in [3.63, 3.8) is 0 Å². The lowest BCUT2D eigenvalue weighted by Gasteiger charge is -2.43. The quantitative estimate of drug-likeness (QED) is 0.885. The summed E-state index contributed by atoms with van der Waals surface area (Å²) < 4.78 is 27.1. The van der Waals surface area contributed by atoms with Crippen molar-refractivity contribution in [1.29, 1.82) is 0 Å². The van der Waals surface area contributed by atoms with Gasteiger partial charge in [-0.15, -0.1) is 0 Å². The smallest absolute Gasteiger partial charge is 0.164 e. The Morgan fingerprint density at radius 2 is 2.21 bits per heavy atom. The topological polar surface area (TPSA) is 46.2 Å². The molecule has 2 nitrogen and oxygen atoms in total. The van der Waals surface area contributed by atoms with Crippen LogP contribution in [0.4, 0.5) is 8.78 Å². The number of nitrogens with two attached hydrogens (primary N) is 1. The summed E-state index contributed by atoms with van der Waals surface area (Å²) in [5.74, 6) is -1.43. The van der Waals surface area contributed by atoms with Gasteiger partial charge in [-0.3, -0.25) is 0 Å². The molecular formula is C15H21F2NO. The fourth-order valence-corrected chi connectivity index (χ4v) is 3.31. The van der Waals surface area contributed by atoms with Gasteiger partial charge in [0.05, 0.1) is 6.10 Å². The summed E-state index contributed by atoms with van der Waals surface area (Å²) in [5, 5.41) is 10.5. The van der Waals surface area contributed by atoms with Crippen molar-refractivity contribution < 1.29 is 13.9 Å². The third-order valence-corrected chi connectivity index (χ3v) is 4.39. The molecule has 0 aromatic heterocycles. The van der Waals surface area contributed by atoms with Gasteiger partial charge in [0, 0.05) is 17.5 Å². The van der Waals surface area contributed by atoms with Gasteiger partial charge in [-0.05, 0) is 24.8 Å². The van der Waals surface area contributed by atoms with Gasteiger partial charge in [0.15, 0.2) is 11.6 Å². The number of hydrogen-bond donors (Lipinski definition) is 2. The summed E-state index contributed by atoms with van der Waals surface area (Å²) >= 11 is 0. The minimum atomic E-state index is -1.05. The fourth-order valence-electron chi connectivity index (χ4n) is 3.31. The monoisotopic (exact) mass is 269 g/mol. The van der Waals surface area contributed by atoms with E-state index in [0.717, 1.165) is 31.7 Å². The molecule has 1 aromatic rings. The Kier molecular flexibility index (Phi) is 4.21. The second-order valence-electron chi connectivity index (χ2n) is 5.81. The third kappa shape index (κ3) is 2.65. The maximum Gasteiger partial charge on any atom is 0.164 e. The molecule has 2 rings (SSSR count). The van der Waals surface area contributed by atoms with E-state index in [1.54, 1.807) is 0 Å². The van der Waals surface area contributed by atoms with Gasteiger partial charge in [0.1, 0.15) is 0 Å². The first kappa shape index (κ1) is 14.4. The van der Waals surface area contributed by atoms with Crippen LogP contribution in [-0.4, -0.2) is 11.7 Å². The molecule has 0 bridgehead atoms. The van der Waals surface area contributed by atoms with Crippen molar-refractivity contribution in [2.75, 3.05) is 6.54 Å². The van der Waals surface area contributed by atoms with E-state index in [2.05, 4.69) is 6.92 Å². The van der Waals surface area contributed by atoms with E-state index in [1.165, 1.54) is 12.1 Å². The van der Waals surface area contributed by atoms with Crippen LogP contribution < -0.4 is 5.73 Å². The zero-order chi connectivity index (χ0) is 14.0. The van der Waals surface area contributed by atoms with Crippen molar-refractivity contribution in [2.24, 2.45) is 17.1 Å². The molecule has 1 fully saturated rings. The number of hydrogen-bond acceptors (Lipinski definition) is 2. The maximum absolute atomic E-state index is 13.8. The summed E-state index contributed by atoms with van der Waals surface area (Å²) in [7, 11) is 0. The molecule has 0 spiro atoms. The molecule has 3 atom stereocenters. The number of rotatable bonds is 3. The number of aliphatic hydroxyl groups is 1. The summed E-state index contributed by atoms with van der Waals surface area (Å²) in [4.78, 5) is 0. The van der Waals surface area contributed by atoms with Crippen molar-refractivity contribution in [2.45, 2.75) is 38.7 Å². The standard InChI is InChI=1S/C15H21F2NO/c1-10-4-3-7-15(8-10,9-18)14(19)11-5-2-6-12(16)13(11)17/h2,5-6,10,14,19H,3-4,7-9,18H2,1H3. The van der Waals surface area contributed by atoms with Gasteiger partial charge in [-0.25, -0.2) is 8.78 Å². The average Bonchev–Trinajstić information content (AvgIpc) is 2.41. The molecule has 0 radical (unpaired) electrons. The normalized spacial score (nSPS) is 29.2. The Bertz CT molecular complexity index is 452. The first-order valence-electron chi connectivity index (χ1n) is 6.82. The lowest BCUT2D eigenvalue weighted by molar-refractivity contribution is -0.0154. The van der Waals surface area contributed by atoms with Gasteiger partial charge in [0.2, 0.25) is 0 Å².